The molecule has 0 saturated carbocycles. The molecule has 2 N–H and O–H groups in total. The van der Waals surface area contributed by atoms with Gasteiger partial charge in [0.2, 0.25) is 5.91 Å². The van der Waals surface area contributed by atoms with Gasteiger partial charge in [-0.2, -0.15) is 0 Å². The fourth-order valence-corrected chi connectivity index (χ4v) is 2.87. The molecule has 1 unspecified atom stereocenters. The van der Waals surface area contributed by atoms with Gasteiger partial charge >= 0.3 is 0 Å². The molecule has 0 radical (unpaired) electrons. The zero-order chi connectivity index (χ0) is 17.0. The van der Waals surface area contributed by atoms with E-state index in [2.05, 4.69) is 10.6 Å². The van der Waals surface area contributed by atoms with Crippen molar-refractivity contribution in [3.8, 4) is 0 Å². The molecule has 0 aliphatic carbocycles. The molecule has 2 amide bonds. The maximum Gasteiger partial charge on any atom is 0.255 e. The molecule has 0 aromatic heterocycles. The molecule has 6 heteroatoms. The van der Waals surface area contributed by atoms with Crippen LogP contribution in [0.3, 0.4) is 0 Å². The fraction of sp³-hybridized carbons (Fsp3) is 0.529. The van der Waals surface area contributed by atoms with Gasteiger partial charge in [-0.3, -0.25) is 9.59 Å². The Bertz CT molecular complexity index is 583. The van der Waals surface area contributed by atoms with Gasteiger partial charge in [0.1, 0.15) is 0 Å². The average molecular weight is 338 g/mol. The van der Waals surface area contributed by atoms with E-state index in [1.165, 1.54) is 0 Å². The van der Waals surface area contributed by atoms with Crippen LogP contribution in [0.25, 0.3) is 0 Å². The Morgan fingerprint density at radius 3 is 2.78 bits per heavy atom. The molecule has 1 fully saturated rings. The molecule has 23 heavy (non-hydrogen) atoms. The van der Waals surface area contributed by atoms with Crippen molar-refractivity contribution < 1.29 is 9.59 Å². The number of likely N-dealkylation sites (N-methyl/N-ethyl adjacent to an activating group) is 1. The van der Waals surface area contributed by atoms with Crippen LogP contribution in [0.4, 0.5) is 5.69 Å². The molecular weight excluding hydrogens is 314 g/mol. The Hall–Kier alpha value is -1.59. The van der Waals surface area contributed by atoms with Crippen molar-refractivity contribution in [2.75, 3.05) is 25.5 Å². The number of carbonyl (C=O) groups excluding carboxylic acids is 2. The minimum atomic E-state index is -0.122. The largest absolute Gasteiger partial charge is 0.337 e. The summed E-state index contributed by atoms with van der Waals surface area (Å²) >= 11 is 6.19. The monoisotopic (exact) mass is 337 g/mol. The van der Waals surface area contributed by atoms with Crippen molar-refractivity contribution in [3.63, 3.8) is 0 Å². The van der Waals surface area contributed by atoms with Crippen LogP contribution < -0.4 is 10.6 Å². The lowest BCUT2D eigenvalue weighted by molar-refractivity contribution is -0.116. The van der Waals surface area contributed by atoms with E-state index in [-0.39, 0.29) is 23.8 Å². The van der Waals surface area contributed by atoms with E-state index < -0.39 is 0 Å². The number of nitrogens with zero attached hydrogens (tertiary/aromatic N) is 1. The van der Waals surface area contributed by atoms with Gasteiger partial charge in [-0.05, 0) is 37.1 Å². The summed E-state index contributed by atoms with van der Waals surface area (Å²) in [5.41, 5.74) is 1.02. The van der Waals surface area contributed by atoms with Crippen LogP contribution in [0, 0.1) is 5.92 Å². The normalized spacial score (nSPS) is 17.3. The summed E-state index contributed by atoms with van der Waals surface area (Å²) in [6.45, 7) is 5.69. The smallest absolute Gasteiger partial charge is 0.255 e. The summed E-state index contributed by atoms with van der Waals surface area (Å²) < 4.78 is 0. The molecule has 1 aliphatic rings. The van der Waals surface area contributed by atoms with E-state index in [4.69, 9.17) is 11.6 Å². The van der Waals surface area contributed by atoms with E-state index in [1.54, 1.807) is 30.1 Å². The highest BCUT2D eigenvalue weighted by atomic mass is 35.5. The van der Waals surface area contributed by atoms with Crippen LogP contribution in [0.1, 0.15) is 37.0 Å². The summed E-state index contributed by atoms with van der Waals surface area (Å²) in [6, 6.07) is 5.20. The number of nitrogens with one attached hydrogen (secondary N) is 2. The Morgan fingerprint density at radius 2 is 2.17 bits per heavy atom. The number of carbonyl (C=O) groups is 2. The maximum absolute atomic E-state index is 12.7. The minimum absolute atomic E-state index is 0.0610. The SMILES string of the molecule is CC(C)CC(=O)Nc1ccc(Cl)c(C(=O)N(C)C2CCNC2)c1. The summed E-state index contributed by atoms with van der Waals surface area (Å²) in [7, 11) is 1.79. The van der Waals surface area contributed by atoms with Crippen LogP contribution in [0.2, 0.25) is 5.02 Å². The van der Waals surface area contributed by atoms with E-state index in [0.29, 0.717) is 22.7 Å². The third-order valence-electron chi connectivity index (χ3n) is 3.98. The topological polar surface area (TPSA) is 61.4 Å². The summed E-state index contributed by atoms with van der Waals surface area (Å²) in [6.07, 6.45) is 1.38. The molecule has 0 spiro atoms. The molecule has 1 aromatic carbocycles. The predicted octanol–water partition coefficient (Wildman–Crippen LogP) is 2.76. The molecule has 1 aromatic rings. The number of hydrogen-bond acceptors (Lipinski definition) is 3. The molecule has 0 bridgehead atoms. The number of rotatable bonds is 5. The first-order valence-corrected chi connectivity index (χ1v) is 8.33. The highest BCUT2D eigenvalue weighted by molar-refractivity contribution is 6.34. The molecule has 1 heterocycles. The first kappa shape index (κ1) is 17.8. The molecular formula is C17H24ClN3O2. The third-order valence-corrected chi connectivity index (χ3v) is 4.31. The van der Waals surface area contributed by atoms with Crippen LogP contribution in [-0.4, -0.2) is 42.9 Å². The molecule has 1 atom stereocenters. The van der Waals surface area contributed by atoms with Gasteiger partial charge in [-0.25, -0.2) is 0 Å². The fourth-order valence-electron chi connectivity index (χ4n) is 2.68. The molecule has 5 nitrogen and oxygen atoms in total. The second-order valence-electron chi connectivity index (χ2n) is 6.40. The van der Waals surface area contributed by atoms with E-state index in [1.807, 2.05) is 13.8 Å². The van der Waals surface area contributed by atoms with E-state index >= 15 is 0 Å². The summed E-state index contributed by atoms with van der Waals surface area (Å²) in [5, 5.41) is 6.47. The molecule has 2 rings (SSSR count). The second kappa shape index (κ2) is 7.79. The van der Waals surface area contributed by atoms with Crippen molar-refractivity contribution in [1.29, 1.82) is 0 Å². The minimum Gasteiger partial charge on any atom is -0.337 e. The van der Waals surface area contributed by atoms with E-state index in [9.17, 15) is 9.59 Å². The molecule has 1 saturated heterocycles. The van der Waals surface area contributed by atoms with Crippen LogP contribution in [0.5, 0.6) is 0 Å². The van der Waals surface area contributed by atoms with Crippen molar-refractivity contribution in [2.24, 2.45) is 5.92 Å². The van der Waals surface area contributed by atoms with Gasteiger partial charge in [0.25, 0.3) is 5.91 Å². The quantitative estimate of drug-likeness (QED) is 0.868. The van der Waals surface area contributed by atoms with Crippen LogP contribution in [0.15, 0.2) is 18.2 Å². The van der Waals surface area contributed by atoms with Gasteiger partial charge in [0.05, 0.1) is 10.6 Å². The standard InChI is InChI=1S/C17H24ClN3O2/c1-11(2)8-16(22)20-12-4-5-15(18)14(9-12)17(23)21(3)13-6-7-19-10-13/h4-5,9,11,13,19H,6-8,10H2,1-3H3,(H,20,22). The lowest BCUT2D eigenvalue weighted by Crippen LogP contribution is -2.38. The van der Waals surface area contributed by atoms with Gasteiger partial charge in [-0.15, -0.1) is 0 Å². The second-order valence-corrected chi connectivity index (χ2v) is 6.81. The summed E-state index contributed by atoms with van der Waals surface area (Å²) in [5.74, 6) is 0.0992. The van der Waals surface area contributed by atoms with Crippen molar-refractivity contribution >= 4 is 29.1 Å². The first-order valence-electron chi connectivity index (χ1n) is 7.95. The lowest BCUT2D eigenvalue weighted by atomic mass is 10.1. The zero-order valence-corrected chi connectivity index (χ0v) is 14.6. The van der Waals surface area contributed by atoms with Crippen molar-refractivity contribution in [2.45, 2.75) is 32.7 Å². The van der Waals surface area contributed by atoms with Crippen LogP contribution >= 0.6 is 11.6 Å². The van der Waals surface area contributed by atoms with Crippen molar-refractivity contribution in [1.82, 2.24) is 10.2 Å². The van der Waals surface area contributed by atoms with Gasteiger partial charge < -0.3 is 15.5 Å². The first-order chi connectivity index (χ1) is 10.9. The number of anilines is 1. The number of hydrogen-bond donors (Lipinski definition) is 2. The zero-order valence-electron chi connectivity index (χ0n) is 13.9. The Morgan fingerprint density at radius 1 is 1.43 bits per heavy atom. The maximum atomic E-state index is 12.7. The molecule has 126 valence electrons. The van der Waals surface area contributed by atoms with Gasteiger partial charge in [0, 0.05) is 31.7 Å². The van der Waals surface area contributed by atoms with Crippen LogP contribution in [-0.2, 0) is 4.79 Å². The highest BCUT2D eigenvalue weighted by Crippen LogP contribution is 2.23. The van der Waals surface area contributed by atoms with Gasteiger partial charge in [0.15, 0.2) is 0 Å². The number of benzene rings is 1. The highest BCUT2D eigenvalue weighted by Gasteiger charge is 2.25. The average Bonchev–Trinajstić information content (AvgIpc) is 3.01. The third kappa shape index (κ3) is 4.69. The summed E-state index contributed by atoms with van der Waals surface area (Å²) in [4.78, 5) is 26.3. The Labute approximate surface area is 142 Å². The predicted molar refractivity (Wildman–Crippen MR) is 92.9 cm³/mol. The lowest BCUT2D eigenvalue weighted by Gasteiger charge is -2.24. The van der Waals surface area contributed by atoms with Gasteiger partial charge in [-0.1, -0.05) is 25.4 Å². The Balaban J connectivity index is 2.13. The van der Waals surface area contributed by atoms with E-state index in [0.717, 1.165) is 19.5 Å². The number of halogens is 1. The number of amides is 2. The van der Waals surface area contributed by atoms with Crippen molar-refractivity contribution in [3.05, 3.63) is 28.8 Å². The molecule has 1 aliphatic heterocycles. The Kier molecular flexibility index (Phi) is 6.02.